The molecule has 1 amide bonds. The first-order valence-corrected chi connectivity index (χ1v) is 10.6. The van der Waals surface area contributed by atoms with Gasteiger partial charge in [-0.2, -0.15) is 0 Å². The summed E-state index contributed by atoms with van der Waals surface area (Å²) in [6, 6.07) is 9.46. The first kappa shape index (κ1) is 22.8. The Morgan fingerprint density at radius 1 is 1.32 bits per heavy atom. The summed E-state index contributed by atoms with van der Waals surface area (Å²) in [5, 5.41) is 10.2. The lowest BCUT2D eigenvalue weighted by Gasteiger charge is -2.12. The van der Waals surface area contributed by atoms with E-state index < -0.39 is 5.97 Å². The number of amides is 1. The average molecular weight is 475 g/mol. The van der Waals surface area contributed by atoms with Crippen molar-refractivity contribution in [2.24, 2.45) is 4.99 Å². The quantitative estimate of drug-likeness (QED) is 0.452. The van der Waals surface area contributed by atoms with Crippen LogP contribution in [0.5, 0.6) is 5.75 Å². The fourth-order valence-electron chi connectivity index (χ4n) is 2.76. The minimum atomic E-state index is -1.05. The molecule has 1 aliphatic heterocycles. The second kappa shape index (κ2) is 9.92. The SMILES string of the molecule is C#CCOc1c(Cl)cc(C=C2SC(=Nc3cccc(C(=O)O)c3)N(CC)C2=O)cc1Cl. The van der Waals surface area contributed by atoms with Gasteiger partial charge in [-0.25, -0.2) is 9.79 Å². The Hall–Kier alpha value is -2.92. The predicted molar refractivity (Wildman–Crippen MR) is 124 cm³/mol. The highest BCUT2D eigenvalue weighted by Crippen LogP contribution is 2.38. The Morgan fingerprint density at radius 3 is 2.65 bits per heavy atom. The zero-order valence-electron chi connectivity index (χ0n) is 16.3. The third-order valence-electron chi connectivity index (χ3n) is 4.14. The number of carbonyl (C=O) groups excluding carboxylic acids is 1. The number of nitrogens with zero attached hydrogens (tertiary/aromatic N) is 2. The van der Waals surface area contributed by atoms with Crippen LogP contribution in [0.1, 0.15) is 22.8 Å². The van der Waals surface area contributed by atoms with Crippen LogP contribution in [-0.2, 0) is 4.79 Å². The Kier molecular flexibility index (Phi) is 7.29. The second-order valence-electron chi connectivity index (χ2n) is 6.22. The molecule has 9 heteroatoms. The van der Waals surface area contributed by atoms with E-state index in [1.165, 1.54) is 28.8 Å². The number of terminal acetylenes is 1. The molecule has 1 aliphatic rings. The van der Waals surface area contributed by atoms with Crippen LogP contribution in [0.4, 0.5) is 5.69 Å². The molecular formula is C22H16Cl2N2O4S. The van der Waals surface area contributed by atoms with Crippen molar-refractivity contribution in [1.82, 2.24) is 4.90 Å². The first-order chi connectivity index (χ1) is 14.8. The number of benzene rings is 2. The van der Waals surface area contributed by atoms with E-state index in [2.05, 4.69) is 10.9 Å². The molecule has 0 atom stereocenters. The molecule has 31 heavy (non-hydrogen) atoms. The fraction of sp³-hybridized carbons (Fsp3) is 0.136. The van der Waals surface area contributed by atoms with E-state index in [-0.39, 0.29) is 33.9 Å². The fourth-order valence-corrected chi connectivity index (χ4v) is 4.43. The van der Waals surface area contributed by atoms with Crippen LogP contribution in [0.3, 0.4) is 0 Å². The van der Waals surface area contributed by atoms with E-state index in [1.807, 2.05) is 6.92 Å². The monoisotopic (exact) mass is 474 g/mol. The molecule has 158 valence electrons. The lowest BCUT2D eigenvalue weighted by molar-refractivity contribution is -0.122. The first-order valence-electron chi connectivity index (χ1n) is 9.02. The summed E-state index contributed by atoms with van der Waals surface area (Å²) in [6.45, 7) is 2.26. The molecular weight excluding hydrogens is 459 g/mol. The minimum Gasteiger partial charge on any atom is -0.478 e. The third kappa shape index (κ3) is 5.23. The standard InChI is InChI=1S/C22H16Cl2N2O4S/c1-3-8-30-19-16(23)9-13(10-17(19)24)11-18-20(27)26(4-2)22(31-18)25-15-7-5-6-14(12-15)21(28)29/h1,5-7,9-12H,4,8H2,2H3,(H,28,29). The number of aliphatic imine (C=N–C) groups is 1. The molecule has 1 heterocycles. The van der Waals surface area contributed by atoms with Crippen LogP contribution < -0.4 is 4.74 Å². The summed E-state index contributed by atoms with van der Waals surface area (Å²) >= 11 is 13.7. The summed E-state index contributed by atoms with van der Waals surface area (Å²) in [4.78, 5) is 30.4. The number of hydrogen-bond donors (Lipinski definition) is 1. The predicted octanol–water partition coefficient (Wildman–Crippen LogP) is 5.33. The zero-order chi connectivity index (χ0) is 22.5. The largest absolute Gasteiger partial charge is 0.478 e. The number of carbonyl (C=O) groups is 2. The van der Waals surface area contributed by atoms with Crippen LogP contribution >= 0.6 is 35.0 Å². The van der Waals surface area contributed by atoms with E-state index >= 15 is 0 Å². The van der Waals surface area contributed by atoms with Crippen LogP contribution in [0.25, 0.3) is 6.08 Å². The average Bonchev–Trinajstić information content (AvgIpc) is 3.01. The van der Waals surface area contributed by atoms with Gasteiger partial charge in [-0.15, -0.1) is 6.42 Å². The number of rotatable bonds is 6. The van der Waals surface area contributed by atoms with Crippen molar-refractivity contribution >= 4 is 63.8 Å². The lowest BCUT2D eigenvalue weighted by atomic mass is 10.2. The number of carboxylic acids is 1. The van der Waals surface area contributed by atoms with Crippen LogP contribution in [0.2, 0.25) is 10.0 Å². The number of halogens is 2. The topological polar surface area (TPSA) is 79.2 Å². The Morgan fingerprint density at radius 2 is 2.03 bits per heavy atom. The van der Waals surface area contributed by atoms with E-state index in [0.717, 1.165) is 0 Å². The van der Waals surface area contributed by atoms with Gasteiger partial charge in [0.15, 0.2) is 10.9 Å². The third-order valence-corrected chi connectivity index (χ3v) is 5.71. The highest BCUT2D eigenvalue weighted by molar-refractivity contribution is 8.18. The van der Waals surface area contributed by atoms with Gasteiger partial charge in [-0.3, -0.25) is 9.69 Å². The second-order valence-corrected chi connectivity index (χ2v) is 8.04. The molecule has 3 rings (SSSR count). The molecule has 1 N–H and O–H groups in total. The van der Waals surface area contributed by atoms with Gasteiger partial charge in [0.2, 0.25) is 0 Å². The molecule has 2 aromatic carbocycles. The van der Waals surface area contributed by atoms with Gasteiger partial charge in [0.25, 0.3) is 5.91 Å². The molecule has 0 unspecified atom stereocenters. The van der Waals surface area contributed by atoms with Crippen LogP contribution in [0, 0.1) is 12.3 Å². The Balaban J connectivity index is 1.93. The van der Waals surface area contributed by atoms with Gasteiger partial charge in [-0.05, 0) is 60.7 Å². The normalized spacial score (nSPS) is 16.1. The van der Waals surface area contributed by atoms with E-state index in [4.69, 9.17) is 39.5 Å². The molecule has 1 fully saturated rings. The van der Waals surface area contributed by atoms with Gasteiger partial charge in [0, 0.05) is 6.54 Å². The number of hydrogen-bond acceptors (Lipinski definition) is 5. The van der Waals surface area contributed by atoms with Gasteiger partial charge >= 0.3 is 5.97 Å². The van der Waals surface area contributed by atoms with Crippen molar-refractivity contribution in [3.8, 4) is 18.1 Å². The summed E-state index contributed by atoms with van der Waals surface area (Å²) in [6.07, 6.45) is 6.85. The maximum absolute atomic E-state index is 12.8. The Bertz CT molecular complexity index is 1130. The maximum Gasteiger partial charge on any atom is 0.335 e. The zero-order valence-corrected chi connectivity index (χ0v) is 18.6. The summed E-state index contributed by atoms with van der Waals surface area (Å²) in [7, 11) is 0. The van der Waals surface area contributed by atoms with Crippen LogP contribution in [-0.4, -0.2) is 40.2 Å². The maximum atomic E-state index is 12.8. The van der Waals surface area contributed by atoms with Crippen molar-refractivity contribution in [2.45, 2.75) is 6.92 Å². The molecule has 0 spiro atoms. The van der Waals surface area contributed by atoms with Crippen molar-refractivity contribution in [3.63, 3.8) is 0 Å². The van der Waals surface area contributed by atoms with Gasteiger partial charge in [-0.1, -0.05) is 35.2 Å². The van der Waals surface area contributed by atoms with E-state index in [1.54, 1.807) is 30.3 Å². The number of likely N-dealkylation sites (N-methyl/N-ethyl adjacent to an activating group) is 1. The van der Waals surface area contributed by atoms with Crippen molar-refractivity contribution in [3.05, 3.63) is 62.5 Å². The summed E-state index contributed by atoms with van der Waals surface area (Å²) in [5.41, 5.74) is 1.17. The molecule has 6 nitrogen and oxygen atoms in total. The molecule has 0 saturated carbocycles. The Labute approximate surface area is 193 Å². The molecule has 0 radical (unpaired) electrons. The number of aromatic carboxylic acids is 1. The van der Waals surface area contributed by atoms with E-state index in [0.29, 0.717) is 27.9 Å². The molecule has 2 aromatic rings. The van der Waals surface area contributed by atoms with Crippen LogP contribution in [0.15, 0.2) is 46.3 Å². The molecule has 0 aromatic heterocycles. The van der Waals surface area contributed by atoms with Crippen molar-refractivity contribution in [1.29, 1.82) is 0 Å². The summed E-state index contributed by atoms with van der Waals surface area (Å²) < 4.78 is 5.35. The molecule has 0 bridgehead atoms. The minimum absolute atomic E-state index is 0.0303. The summed E-state index contributed by atoms with van der Waals surface area (Å²) in [5.74, 6) is 1.36. The number of amidine groups is 1. The van der Waals surface area contributed by atoms with Gasteiger partial charge in [0.05, 0.1) is 26.2 Å². The van der Waals surface area contributed by atoms with Crippen molar-refractivity contribution in [2.75, 3.05) is 13.2 Å². The number of ether oxygens (including phenoxy) is 1. The van der Waals surface area contributed by atoms with Gasteiger partial charge in [0.1, 0.15) is 6.61 Å². The highest BCUT2D eigenvalue weighted by Gasteiger charge is 2.32. The van der Waals surface area contributed by atoms with Crippen molar-refractivity contribution < 1.29 is 19.4 Å². The number of thioether (sulfide) groups is 1. The highest BCUT2D eigenvalue weighted by atomic mass is 35.5. The smallest absolute Gasteiger partial charge is 0.335 e. The van der Waals surface area contributed by atoms with Gasteiger partial charge < -0.3 is 9.84 Å². The lowest BCUT2D eigenvalue weighted by Crippen LogP contribution is -2.28. The number of carboxylic acid groups (broad SMARTS) is 1. The molecule has 0 aliphatic carbocycles. The molecule has 1 saturated heterocycles. The van der Waals surface area contributed by atoms with E-state index in [9.17, 15) is 9.59 Å².